The van der Waals surface area contributed by atoms with Crippen LogP contribution in [-0.4, -0.2) is 31.2 Å². The second-order valence-electron chi connectivity index (χ2n) is 7.32. The summed E-state index contributed by atoms with van der Waals surface area (Å²) in [5.41, 5.74) is 1.84. The van der Waals surface area contributed by atoms with Crippen molar-refractivity contribution in [2.24, 2.45) is 0 Å². The van der Waals surface area contributed by atoms with Gasteiger partial charge in [0.1, 0.15) is 6.07 Å². The van der Waals surface area contributed by atoms with Crippen LogP contribution in [0.4, 0.5) is 30.2 Å². The molecule has 4 rings (SSSR count). The summed E-state index contributed by atoms with van der Waals surface area (Å²) in [5.74, 6) is 0.00294. The van der Waals surface area contributed by atoms with Gasteiger partial charge in [-0.2, -0.15) is 18.4 Å². The van der Waals surface area contributed by atoms with Gasteiger partial charge in [-0.1, -0.05) is 0 Å². The quantitative estimate of drug-likeness (QED) is 0.818. The number of likely N-dealkylation sites (N-methyl/N-ethyl adjacent to an activating group) is 1. The number of aromatic nitrogens is 1. The molecule has 0 bridgehead atoms. The molecule has 0 aliphatic carbocycles. The number of pyridine rings is 1. The zero-order chi connectivity index (χ0) is 20.1. The van der Waals surface area contributed by atoms with Gasteiger partial charge in [0.15, 0.2) is 5.69 Å². The Morgan fingerprint density at radius 3 is 2.82 bits per heavy atom. The highest BCUT2D eigenvalue weighted by atomic mass is 19.4. The Labute approximate surface area is 161 Å². The Hall–Kier alpha value is -2.79. The molecule has 1 saturated heterocycles. The normalized spacial score (nSPS) is 21.1. The fourth-order valence-corrected chi connectivity index (χ4v) is 4.31. The average molecular weight is 387 g/mol. The fraction of sp³-hybridized carbons (Fsp3) is 0.400. The topological polar surface area (TPSA) is 64.0 Å². The van der Waals surface area contributed by atoms with Crippen molar-refractivity contribution in [1.29, 1.82) is 5.26 Å². The average Bonchev–Trinajstić information content (AvgIpc) is 2.95. The van der Waals surface area contributed by atoms with E-state index in [0.717, 1.165) is 19.0 Å². The van der Waals surface area contributed by atoms with E-state index in [1.165, 1.54) is 0 Å². The second-order valence-corrected chi connectivity index (χ2v) is 7.32. The first-order valence-corrected chi connectivity index (χ1v) is 9.13. The van der Waals surface area contributed by atoms with Crippen LogP contribution in [0.2, 0.25) is 0 Å². The van der Waals surface area contributed by atoms with Gasteiger partial charge in [-0.15, -0.1) is 0 Å². The number of nitrogens with zero attached hydrogens (tertiary/aromatic N) is 3. The molecule has 1 aromatic carbocycles. The SMILES string of the molecule is Cc1ccc(Nc2cc3c(c(C(F)(F)F)c2)N(C)[C@H]2CCNC[C@@H]32)c(C#N)n1. The van der Waals surface area contributed by atoms with Gasteiger partial charge >= 0.3 is 6.18 Å². The summed E-state index contributed by atoms with van der Waals surface area (Å²) in [6.07, 6.45) is -3.67. The highest BCUT2D eigenvalue weighted by molar-refractivity contribution is 5.75. The van der Waals surface area contributed by atoms with Gasteiger partial charge in [-0.25, -0.2) is 4.98 Å². The molecule has 0 spiro atoms. The number of halogens is 3. The molecule has 1 aromatic heterocycles. The number of rotatable bonds is 2. The van der Waals surface area contributed by atoms with Crippen LogP contribution < -0.4 is 15.5 Å². The lowest BCUT2D eigenvalue weighted by Crippen LogP contribution is -2.42. The second kappa shape index (κ2) is 6.67. The fourth-order valence-electron chi connectivity index (χ4n) is 4.31. The van der Waals surface area contributed by atoms with Crippen LogP contribution in [0.1, 0.15) is 34.9 Å². The standard InChI is InChI=1S/C20H20F3N5/c1-11-3-4-16(17(9-24)26-11)27-12-7-13-14-10-25-6-5-18(14)28(2)19(13)15(8-12)20(21,22)23/h3-4,7-8,14,18,25,27H,5-6,10H2,1-2H3/t14-,18-/m0/s1. The Morgan fingerprint density at radius 1 is 1.32 bits per heavy atom. The van der Waals surface area contributed by atoms with Crippen molar-refractivity contribution in [2.75, 3.05) is 30.4 Å². The third-order valence-electron chi connectivity index (χ3n) is 5.56. The Morgan fingerprint density at radius 2 is 2.11 bits per heavy atom. The molecule has 2 atom stereocenters. The van der Waals surface area contributed by atoms with Crippen molar-refractivity contribution in [3.8, 4) is 6.07 Å². The van der Waals surface area contributed by atoms with Crippen LogP contribution in [-0.2, 0) is 6.18 Å². The molecule has 0 saturated carbocycles. The van der Waals surface area contributed by atoms with Crippen molar-refractivity contribution in [3.05, 3.63) is 46.8 Å². The number of nitriles is 1. The van der Waals surface area contributed by atoms with Gasteiger partial charge in [-0.3, -0.25) is 0 Å². The summed E-state index contributed by atoms with van der Waals surface area (Å²) in [4.78, 5) is 5.92. The maximum Gasteiger partial charge on any atom is 0.418 e. The molecule has 2 N–H and O–H groups in total. The third kappa shape index (κ3) is 3.06. The number of anilines is 3. The molecule has 2 aromatic rings. The molecular formula is C20H20F3N5. The zero-order valence-electron chi connectivity index (χ0n) is 15.6. The molecule has 2 aliphatic rings. The van der Waals surface area contributed by atoms with Crippen LogP contribution >= 0.6 is 0 Å². The van der Waals surface area contributed by atoms with E-state index >= 15 is 0 Å². The number of aryl methyl sites for hydroxylation is 1. The predicted molar refractivity (Wildman–Crippen MR) is 101 cm³/mol. The molecule has 2 aliphatic heterocycles. The summed E-state index contributed by atoms with van der Waals surface area (Å²) in [5, 5.41) is 15.6. The van der Waals surface area contributed by atoms with Crippen molar-refractivity contribution in [2.45, 2.75) is 31.5 Å². The lowest BCUT2D eigenvalue weighted by atomic mass is 9.89. The van der Waals surface area contributed by atoms with Crippen LogP contribution in [0, 0.1) is 18.3 Å². The third-order valence-corrected chi connectivity index (χ3v) is 5.56. The largest absolute Gasteiger partial charge is 0.418 e. The molecule has 5 nitrogen and oxygen atoms in total. The van der Waals surface area contributed by atoms with Crippen LogP contribution in [0.15, 0.2) is 24.3 Å². The smallest absolute Gasteiger partial charge is 0.370 e. The van der Waals surface area contributed by atoms with Crippen LogP contribution in [0.5, 0.6) is 0 Å². The van der Waals surface area contributed by atoms with Crippen molar-refractivity contribution in [3.63, 3.8) is 0 Å². The predicted octanol–water partition coefficient (Wildman–Crippen LogP) is 3.92. The summed E-state index contributed by atoms with van der Waals surface area (Å²) < 4.78 is 41.6. The van der Waals surface area contributed by atoms with E-state index in [1.54, 1.807) is 37.1 Å². The molecule has 0 unspecified atom stereocenters. The van der Waals surface area contributed by atoms with Crippen molar-refractivity contribution >= 4 is 17.1 Å². The molecule has 8 heteroatoms. The van der Waals surface area contributed by atoms with Gasteiger partial charge in [0.05, 0.1) is 16.9 Å². The molecule has 0 radical (unpaired) electrons. The number of hydrogen-bond acceptors (Lipinski definition) is 5. The van der Waals surface area contributed by atoms with Crippen LogP contribution in [0.25, 0.3) is 0 Å². The Kier molecular flexibility index (Phi) is 4.42. The van der Waals surface area contributed by atoms with E-state index in [9.17, 15) is 18.4 Å². The van der Waals surface area contributed by atoms with Gasteiger partial charge in [0, 0.05) is 36.9 Å². The summed E-state index contributed by atoms with van der Waals surface area (Å²) in [6.45, 7) is 3.21. The molecule has 146 valence electrons. The summed E-state index contributed by atoms with van der Waals surface area (Å²) in [7, 11) is 1.74. The first kappa shape index (κ1) is 18.6. The zero-order valence-corrected chi connectivity index (χ0v) is 15.6. The minimum absolute atomic E-state index is 0.00294. The molecule has 28 heavy (non-hydrogen) atoms. The lowest BCUT2D eigenvalue weighted by molar-refractivity contribution is -0.137. The lowest BCUT2D eigenvalue weighted by Gasteiger charge is -2.31. The van der Waals surface area contributed by atoms with E-state index in [0.29, 0.717) is 29.2 Å². The number of piperidine rings is 1. The first-order chi connectivity index (χ1) is 13.3. The molecule has 3 heterocycles. The highest BCUT2D eigenvalue weighted by Crippen LogP contribution is 2.50. The van der Waals surface area contributed by atoms with Gasteiger partial charge < -0.3 is 15.5 Å². The number of fused-ring (bicyclic) bond motifs is 3. The monoisotopic (exact) mass is 387 g/mol. The minimum atomic E-state index is -4.47. The number of hydrogen-bond donors (Lipinski definition) is 2. The summed E-state index contributed by atoms with van der Waals surface area (Å²) >= 11 is 0. The Balaban J connectivity index is 1.82. The molecule has 1 fully saturated rings. The van der Waals surface area contributed by atoms with Crippen molar-refractivity contribution in [1.82, 2.24) is 10.3 Å². The van der Waals surface area contributed by atoms with Crippen molar-refractivity contribution < 1.29 is 13.2 Å². The maximum atomic E-state index is 13.9. The molecule has 0 amide bonds. The highest BCUT2D eigenvalue weighted by Gasteiger charge is 2.45. The van der Waals surface area contributed by atoms with Gasteiger partial charge in [0.25, 0.3) is 0 Å². The van der Waals surface area contributed by atoms with Gasteiger partial charge in [0.2, 0.25) is 0 Å². The number of nitrogens with one attached hydrogen (secondary N) is 2. The van der Waals surface area contributed by atoms with E-state index in [4.69, 9.17) is 0 Å². The van der Waals surface area contributed by atoms with Crippen LogP contribution in [0.3, 0.4) is 0 Å². The van der Waals surface area contributed by atoms with E-state index < -0.39 is 11.7 Å². The number of alkyl halides is 3. The van der Waals surface area contributed by atoms with E-state index in [1.807, 2.05) is 6.07 Å². The number of benzene rings is 1. The minimum Gasteiger partial charge on any atom is -0.370 e. The van der Waals surface area contributed by atoms with Gasteiger partial charge in [-0.05, 0) is 49.7 Å². The van der Waals surface area contributed by atoms with E-state index in [-0.39, 0.29) is 23.3 Å². The summed E-state index contributed by atoms with van der Waals surface area (Å²) in [6, 6.07) is 8.34. The Bertz CT molecular complexity index is 964. The van der Waals surface area contributed by atoms with E-state index in [2.05, 4.69) is 15.6 Å². The first-order valence-electron chi connectivity index (χ1n) is 9.13. The maximum absolute atomic E-state index is 13.9. The molecular weight excluding hydrogens is 367 g/mol.